The van der Waals surface area contributed by atoms with Gasteiger partial charge in [0, 0.05) is 6.54 Å². The van der Waals surface area contributed by atoms with E-state index in [-0.39, 0.29) is 11.8 Å². The molecule has 1 N–H and O–H groups in total. The summed E-state index contributed by atoms with van der Waals surface area (Å²) < 4.78 is 0. The van der Waals surface area contributed by atoms with E-state index >= 15 is 0 Å². The van der Waals surface area contributed by atoms with Gasteiger partial charge in [-0.1, -0.05) is 86.8 Å². The Morgan fingerprint density at radius 2 is 1.29 bits per heavy atom. The van der Waals surface area contributed by atoms with Crippen LogP contribution in [0.1, 0.15) is 61.8 Å². The molecule has 2 aromatic carbocycles. The number of hydrogen-bond donors (Lipinski definition) is 1. The normalized spacial score (nSPS) is 10.1. The SMILES string of the molecule is CC.CCCCNC(=O)C(c1ccc(C)cc1)c1ccc(C)cc1. The van der Waals surface area contributed by atoms with Crippen molar-refractivity contribution < 1.29 is 4.79 Å². The molecule has 0 aliphatic carbocycles. The van der Waals surface area contributed by atoms with Gasteiger partial charge in [-0.2, -0.15) is 0 Å². The molecule has 0 bridgehead atoms. The van der Waals surface area contributed by atoms with Crippen molar-refractivity contribution in [3.05, 3.63) is 70.8 Å². The molecule has 0 aliphatic rings. The molecular weight excluding hydrogens is 294 g/mol. The molecule has 0 spiro atoms. The fourth-order valence-electron chi connectivity index (χ4n) is 2.50. The van der Waals surface area contributed by atoms with E-state index in [2.05, 4.69) is 74.6 Å². The third-order valence-electron chi connectivity index (χ3n) is 3.91. The number of amides is 1. The molecule has 0 radical (unpaired) electrons. The Morgan fingerprint density at radius 3 is 1.67 bits per heavy atom. The maximum Gasteiger partial charge on any atom is 0.232 e. The van der Waals surface area contributed by atoms with Crippen molar-refractivity contribution in [3.8, 4) is 0 Å². The third-order valence-corrected chi connectivity index (χ3v) is 3.91. The third kappa shape index (κ3) is 5.84. The Labute approximate surface area is 147 Å². The Morgan fingerprint density at radius 1 is 0.875 bits per heavy atom. The number of carbonyl (C=O) groups excluding carboxylic acids is 1. The van der Waals surface area contributed by atoms with Crippen LogP contribution in [-0.2, 0) is 4.79 Å². The summed E-state index contributed by atoms with van der Waals surface area (Å²) >= 11 is 0. The second-order valence-corrected chi connectivity index (χ2v) is 5.90. The van der Waals surface area contributed by atoms with Crippen LogP contribution < -0.4 is 5.32 Å². The lowest BCUT2D eigenvalue weighted by molar-refractivity contribution is -0.121. The highest BCUT2D eigenvalue weighted by Gasteiger charge is 2.22. The number of benzene rings is 2. The molecule has 0 saturated heterocycles. The Bertz CT molecular complexity index is 553. The Hall–Kier alpha value is -2.09. The van der Waals surface area contributed by atoms with Crippen LogP contribution in [0.25, 0.3) is 0 Å². The zero-order valence-electron chi connectivity index (χ0n) is 15.7. The fraction of sp³-hybridized carbons (Fsp3) is 0.409. The minimum atomic E-state index is -0.238. The lowest BCUT2D eigenvalue weighted by Crippen LogP contribution is -2.30. The van der Waals surface area contributed by atoms with Gasteiger partial charge in [0.2, 0.25) is 5.91 Å². The minimum absolute atomic E-state index is 0.0844. The Kier molecular flexibility index (Phi) is 8.85. The van der Waals surface area contributed by atoms with Gasteiger partial charge >= 0.3 is 0 Å². The summed E-state index contributed by atoms with van der Waals surface area (Å²) in [4.78, 5) is 12.7. The first-order chi connectivity index (χ1) is 11.6. The van der Waals surface area contributed by atoms with Crippen LogP contribution in [0.3, 0.4) is 0 Å². The van der Waals surface area contributed by atoms with Gasteiger partial charge in [0.25, 0.3) is 0 Å². The van der Waals surface area contributed by atoms with Gasteiger partial charge < -0.3 is 5.32 Å². The maximum atomic E-state index is 12.7. The van der Waals surface area contributed by atoms with Crippen LogP contribution in [0.4, 0.5) is 0 Å². The lowest BCUT2D eigenvalue weighted by atomic mass is 9.89. The maximum absolute atomic E-state index is 12.7. The first-order valence-corrected chi connectivity index (χ1v) is 9.02. The van der Waals surface area contributed by atoms with E-state index in [1.165, 1.54) is 11.1 Å². The molecule has 0 fully saturated rings. The second kappa shape index (κ2) is 10.6. The van der Waals surface area contributed by atoms with E-state index in [9.17, 15) is 4.79 Å². The van der Waals surface area contributed by atoms with E-state index in [0.29, 0.717) is 0 Å². The Balaban J connectivity index is 0.00000139. The van der Waals surface area contributed by atoms with Crippen LogP contribution >= 0.6 is 0 Å². The molecule has 0 aromatic heterocycles. The summed E-state index contributed by atoms with van der Waals surface area (Å²) in [5.41, 5.74) is 4.50. The number of nitrogens with one attached hydrogen (secondary N) is 1. The number of aryl methyl sites for hydroxylation is 2. The van der Waals surface area contributed by atoms with Gasteiger partial charge in [0.05, 0.1) is 5.92 Å². The van der Waals surface area contributed by atoms with Crippen molar-refractivity contribution >= 4 is 5.91 Å². The molecule has 0 atom stereocenters. The van der Waals surface area contributed by atoms with Crippen LogP contribution in [0.2, 0.25) is 0 Å². The van der Waals surface area contributed by atoms with Gasteiger partial charge in [-0.25, -0.2) is 0 Å². The average Bonchev–Trinajstić information content (AvgIpc) is 2.60. The van der Waals surface area contributed by atoms with Crippen LogP contribution in [-0.4, -0.2) is 12.5 Å². The molecule has 1 amide bonds. The average molecular weight is 325 g/mol. The van der Waals surface area contributed by atoms with Crippen molar-refractivity contribution in [2.75, 3.05) is 6.54 Å². The summed E-state index contributed by atoms with van der Waals surface area (Å²) in [5, 5.41) is 3.07. The van der Waals surface area contributed by atoms with Crippen molar-refractivity contribution in [1.29, 1.82) is 0 Å². The summed E-state index contributed by atoms with van der Waals surface area (Å²) in [7, 11) is 0. The molecule has 130 valence electrons. The van der Waals surface area contributed by atoms with E-state index in [4.69, 9.17) is 0 Å². The van der Waals surface area contributed by atoms with Crippen molar-refractivity contribution in [3.63, 3.8) is 0 Å². The van der Waals surface area contributed by atoms with E-state index < -0.39 is 0 Å². The monoisotopic (exact) mass is 325 g/mol. The number of carbonyl (C=O) groups is 1. The number of hydrogen-bond acceptors (Lipinski definition) is 1. The molecular formula is C22H31NO. The zero-order valence-corrected chi connectivity index (χ0v) is 15.7. The van der Waals surface area contributed by atoms with Crippen LogP contribution in [0.15, 0.2) is 48.5 Å². The molecule has 24 heavy (non-hydrogen) atoms. The molecule has 2 heteroatoms. The van der Waals surface area contributed by atoms with Gasteiger partial charge in [-0.05, 0) is 31.4 Å². The fourth-order valence-corrected chi connectivity index (χ4v) is 2.50. The summed E-state index contributed by atoms with van der Waals surface area (Å²) in [6, 6.07) is 16.5. The number of unbranched alkanes of at least 4 members (excludes halogenated alkanes) is 1. The smallest absolute Gasteiger partial charge is 0.232 e. The summed E-state index contributed by atoms with van der Waals surface area (Å²) in [6.45, 7) is 11.0. The first kappa shape index (κ1) is 20.0. The molecule has 0 aliphatic heterocycles. The molecule has 2 nitrogen and oxygen atoms in total. The molecule has 0 unspecified atom stereocenters. The highest BCUT2D eigenvalue weighted by atomic mass is 16.1. The zero-order chi connectivity index (χ0) is 17.9. The predicted molar refractivity (Wildman–Crippen MR) is 103 cm³/mol. The quantitative estimate of drug-likeness (QED) is 0.710. The van der Waals surface area contributed by atoms with Crippen LogP contribution in [0, 0.1) is 13.8 Å². The van der Waals surface area contributed by atoms with E-state index in [1.807, 2.05) is 13.8 Å². The van der Waals surface area contributed by atoms with Crippen LogP contribution in [0.5, 0.6) is 0 Å². The molecule has 2 aromatic rings. The van der Waals surface area contributed by atoms with Gasteiger partial charge in [-0.15, -0.1) is 0 Å². The summed E-state index contributed by atoms with van der Waals surface area (Å²) in [5.74, 6) is -0.154. The van der Waals surface area contributed by atoms with E-state index in [0.717, 1.165) is 30.5 Å². The van der Waals surface area contributed by atoms with Crippen molar-refractivity contribution in [2.45, 2.75) is 53.4 Å². The minimum Gasteiger partial charge on any atom is -0.355 e. The highest BCUT2D eigenvalue weighted by Crippen LogP contribution is 2.25. The van der Waals surface area contributed by atoms with Gasteiger partial charge in [0.1, 0.15) is 0 Å². The topological polar surface area (TPSA) is 29.1 Å². The predicted octanol–water partition coefficient (Wildman–Crippen LogP) is 5.38. The second-order valence-electron chi connectivity index (χ2n) is 5.90. The lowest BCUT2D eigenvalue weighted by Gasteiger charge is -2.18. The van der Waals surface area contributed by atoms with Gasteiger partial charge in [0.15, 0.2) is 0 Å². The molecule has 0 saturated carbocycles. The standard InChI is InChI=1S/C20H25NO.C2H6/c1-4-5-14-21-20(22)19(17-10-6-15(2)7-11-17)18-12-8-16(3)9-13-18;1-2/h6-13,19H,4-5,14H2,1-3H3,(H,21,22);1-2H3. The van der Waals surface area contributed by atoms with Crippen molar-refractivity contribution in [1.82, 2.24) is 5.32 Å². The summed E-state index contributed by atoms with van der Waals surface area (Å²) in [6.07, 6.45) is 2.10. The largest absolute Gasteiger partial charge is 0.355 e. The highest BCUT2D eigenvalue weighted by molar-refractivity contribution is 5.87. The molecule has 2 rings (SSSR count). The first-order valence-electron chi connectivity index (χ1n) is 9.02. The van der Waals surface area contributed by atoms with Crippen molar-refractivity contribution in [2.24, 2.45) is 0 Å². The van der Waals surface area contributed by atoms with Gasteiger partial charge in [-0.3, -0.25) is 4.79 Å². The number of rotatable bonds is 6. The van der Waals surface area contributed by atoms with E-state index in [1.54, 1.807) is 0 Å². The molecule has 0 heterocycles.